The van der Waals surface area contributed by atoms with Crippen LogP contribution in [0.5, 0.6) is 0 Å². The van der Waals surface area contributed by atoms with Crippen molar-refractivity contribution in [3.63, 3.8) is 0 Å². The van der Waals surface area contributed by atoms with Crippen LogP contribution in [0.4, 0.5) is 0 Å². The van der Waals surface area contributed by atoms with Gasteiger partial charge in [-0.1, -0.05) is 60.7 Å². The lowest BCUT2D eigenvalue weighted by Gasteiger charge is -2.28. The Balaban J connectivity index is 2.40. The molecule has 1 atom stereocenters. The highest BCUT2D eigenvalue weighted by molar-refractivity contribution is 7.54. The van der Waals surface area contributed by atoms with Crippen LogP contribution in [0.25, 0.3) is 0 Å². The van der Waals surface area contributed by atoms with Crippen LogP contribution in [0.3, 0.4) is 0 Å². The molecule has 2 aromatic carbocycles. The monoisotopic (exact) mass is 347 g/mol. The maximum atomic E-state index is 13.6. The van der Waals surface area contributed by atoms with E-state index in [4.69, 9.17) is 9.05 Å². The van der Waals surface area contributed by atoms with Crippen LogP contribution in [-0.2, 0) is 13.6 Å². The molecule has 0 bridgehead atoms. The van der Waals surface area contributed by atoms with Crippen molar-refractivity contribution in [3.8, 4) is 0 Å². The summed E-state index contributed by atoms with van der Waals surface area (Å²) >= 11 is 0. The summed E-state index contributed by atoms with van der Waals surface area (Å²) in [6.45, 7) is 3.23. The summed E-state index contributed by atoms with van der Waals surface area (Å²) < 4.78 is 25.2. The Hall–Kier alpha value is -1.45. The van der Waals surface area contributed by atoms with Gasteiger partial charge in [-0.25, -0.2) is 0 Å². The van der Waals surface area contributed by atoms with E-state index in [1.54, 1.807) is 0 Å². The summed E-state index contributed by atoms with van der Waals surface area (Å²) in [5, 5.41) is 0. The predicted octanol–water partition coefficient (Wildman–Crippen LogP) is 4.58. The Labute approximate surface area is 144 Å². The molecule has 0 aliphatic rings. The molecule has 0 N–H and O–H groups in total. The maximum absolute atomic E-state index is 13.6. The number of hydrogen-bond acceptors (Lipinski definition) is 4. The molecule has 5 heteroatoms. The van der Waals surface area contributed by atoms with Gasteiger partial charge in [-0.05, 0) is 32.1 Å². The fourth-order valence-electron chi connectivity index (χ4n) is 2.55. The van der Waals surface area contributed by atoms with Gasteiger partial charge in [0.15, 0.2) is 0 Å². The first-order valence-corrected chi connectivity index (χ1v) is 9.81. The molecule has 4 nitrogen and oxygen atoms in total. The summed E-state index contributed by atoms with van der Waals surface area (Å²) in [6.07, 6.45) is 0. The molecule has 0 aliphatic heterocycles. The van der Waals surface area contributed by atoms with Crippen molar-refractivity contribution in [2.45, 2.75) is 12.6 Å². The fourth-order valence-corrected chi connectivity index (χ4v) is 4.69. The van der Waals surface area contributed by atoms with E-state index in [0.29, 0.717) is 19.8 Å². The van der Waals surface area contributed by atoms with Crippen LogP contribution in [-0.4, -0.2) is 38.8 Å². The van der Waals surface area contributed by atoms with Crippen LogP contribution in [0.1, 0.15) is 23.7 Å². The molecule has 0 saturated heterocycles. The molecule has 2 rings (SSSR count). The zero-order valence-electron chi connectivity index (χ0n) is 14.6. The van der Waals surface area contributed by atoms with E-state index in [2.05, 4.69) is 0 Å². The number of hydrogen-bond donors (Lipinski definition) is 0. The first-order chi connectivity index (χ1) is 11.6. The Morgan fingerprint density at radius 2 is 1.42 bits per heavy atom. The molecule has 0 aromatic heterocycles. The average Bonchev–Trinajstić information content (AvgIpc) is 2.57. The van der Waals surface area contributed by atoms with Gasteiger partial charge in [0, 0.05) is 6.54 Å². The van der Waals surface area contributed by atoms with Crippen LogP contribution >= 0.6 is 7.60 Å². The molecule has 0 saturated carbocycles. The van der Waals surface area contributed by atoms with Crippen LogP contribution in [0.2, 0.25) is 0 Å². The highest BCUT2D eigenvalue weighted by atomic mass is 31.2. The van der Waals surface area contributed by atoms with Gasteiger partial charge in [-0.15, -0.1) is 0 Å². The number of rotatable bonds is 9. The Morgan fingerprint density at radius 1 is 0.917 bits per heavy atom. The second-order valence-electron chi connectivity index (χ2n) is 5.82. The molecule has 0 aliphatic carbocycles. The largest absolute Gasteiger partial charge is 0.342 e. The van der Waals surface area contributed by atoms with Gasteiger partial charge >= 0.3 is 7.60 Å². The molecule has 130 valence electrons. The quantitative estimate of drug-likeness (QED) is 0.622. The summed E-state index contributed by atoms with van der Waals surface area (Å²) in [6, 6.07) is 19.6. The van der Waals surface area contributed by atoms with Crippen molar-refractivity contribution in [1.82, 2.24) is 4.90 Å². The van der Waals surface area contributed by atoms with Gasteiger partial charge in [0.2, 0.25) is 0 Å². The van der Waals surface area contributed by atoms with Crippen molar-refractivity contribution >= 4 is 7.60 Å². The number of benzene rings is 2. The second kappa shape index (κ2) is 9.14. The molecule has 0 spiro atoms. The summed E-state index contributed by atoms with van der Waals surface area (Å²) in [7, 11) is 0.562. The molecular formula is C19H26NO3P. The van der Waals surface area contributed by atoms with E-state index < -0.39 is 13.3 Å². The van der Waals surface area contributed by atoms with Crippen molar-refractivity contribution < 1.29 is 13.6 Å². The summed E-state index contributed by atoms with van der Waals surface area (Å²) in [5.41, 5.74) is 1.44. The fraction of sp³-hybridized carbons (Fsp3) is 0.368. The molecule has 2 aromatic rings. The van der Waals surface area contributed by atoms with E-state index in [1.807, 2.05) is 86.6 Å². The van der Waals surface area contributed by atoms with Crippen molar-refractivity contribution in [3.05, 3.63) is 71.8 Å². The molecular weight excluding hydrogens is 321 g/mol. The Morgan fingerprint density at radius 3 is 1.83 bits per heavy atom. The molecule has 0 fully saturated rings. The van der Waals surface area contributed by atoms with Crippen LogP contribution in [0.15, 0.2) is 60.7 Å². The van der Waals surface area contributed by atoms with Crippen LogP contribution in [0, 0.1) is 0 Å². The van der Waals surface area contributed by atoms with Crippen molar-refractivity contribution in [2.75, 3.05) is 33.9 Å². The Kier molecular flexibility index (Phi) is 7.19. The summed E-state index contributed by atoms with van der Waals surface area (Å²) in [5.74, 6) is 0. The molecule has 0 radical (unpaired) electrons. The lowest BCUT2D eigenvalue weighted by atomic mass is 10.0. The number of likely N-dealkylation sites (N-methyl/N-ethyl adjacent to an activating group) is 1. The standard InChI is InChI=1S/C19H26NO3P/c1-4-22-24(21,23-16-15-20(2)3)19(17-11-7-5-8-12-17)18-13-9-6-10-14-18/h5-14,19H,4,15-16H2,1-3H3/t24-/m1/s1. The maximum Gasteiger partial charge on any atom is 0.342 e. The van der Waals surface area contributed by atoms with Gasteiger partial charge in [0.25, 0.3) is 0 Å². The first-order valence-electron chi connectivity index (χ1n) is 8.20. The zero-order valence-corrected chi connectivity index (χ0v) is 15.5. The van der Waals surface area contributed by atoms with E-state index in [0.717, 1.165) is 11.1 Å². The molecule has 0 unspecified atom stereocenters. The highest BCUT2D eigenvalue weighted by Gasteiger charge is 2.38. The van der Waals surface area contributed by atoms with Gasteiger partial charge in [-0.3, -0.25) is 4.57 Å². The lowest BCUT2D eigenvalue weighted by Crippen LogP contribution is -2.19. The lowest BCUT2D eigenvalue weighted by molar-refractivity contribution is 0.190. The van der Waals surface area contributed by atoms with Gasteiger partial charge < -0.3 is 13.9 Å². The van der Waals surface area contributed by atoms with Crippen LogP contribution < -0.4 is 0 Å². The normalized spacial score (nSPS) is 14.0. The molecule has 24 heavy (non-hydrogen) atoms. The van der Waals surface area contributed by atoms with E-state index in [1.165, 1.54) is 0 Å². The van der Waals surface area contributed by atoms with Crippen molar-refractivity contribution in [2.24, 2.45) is 0 Å². The third kappa shape index (κ3) is 5.02. The topological polar surface area (TPSA) is 38.8 Å². The van der Waals surface area contributed by atoms with Crippen molar-refractivity contribution in [1.29, 1.82) is 0 Å². The SMILES string of the molecule is CCO[P@@](=O)(OCCN(C)C)C(c1ccccc1)c1ccccc1. The molecule has 0 amide bonds. The minimum Gasteiger partial charge on any atom is -0.308 e. The van der Waals surface area contributed by atoms with Gasteiger partial charge in [0.05, 0.1) is 13.2 Å². The third-order valence-electron chi connectivity index (χ3n) is 3.67. The smallest absolute Gasteiger partial charge is 0.308 e. The first kappa shape index (κ1) is 18.9. The van der Waals surface area contributed by atoms with E-state index >= 15 is 0 Å². The minimum absolute atomic E-state index is 0.343. The van der Waals surface area contributed by atoms with Gasteiger partial charge in [0.1, 0.15) is 5.66 Å². The highest BCUT2D eigenvalue weighted by Crippen LogP contribution is 2.63. The Bertz CT molecular complexity index is 607. The third-order valence-corrected chi connectivity index (χ3v) is 6.05. The molecule has 0 heterocycles. The zero-order chi connectivity index (χ0) is 17.4. The second-order valence-corrected chi connectivity index (χ2v) is 7.93. The summed E-state index contributed by atoms with van der Waals surface area (Å²) in [4.78, 5) is 2.00. The van der Waals surface area contributed by atoms with E-state index in [-0.39, 0.29) is 0 Å². The van der Waals surface area contributed by atoms with E-state index in [9.17, 15) is 4.57 Å². The minimum atomic E-state index is -3.36. The number of nitrogens with zero attached hydrogens (tertiary/aromatic N) is 1. The average molecular weight is 347 g/mol. The predicted molar refractivity (Wildman–Crippen MR) is 98.5 cm³/mol. The van der Waals surface area contributed by atoms with Gasteiger partial charge in [-0.2, -0.15) is 0 Å².